The number of carboxylic acids is 1. The minimum absolute atomic E-state index is 0.0154. The Balaban J connectivity index is 1.74. The number of carbonyl (C=O) groups is 3. The molecule has 0 saturated carbocycles. The van der Waals surface area contributed by atoms with Gasteiger partial charge in [0.2, 0.25) is 5.91 Å². The quantitative estimate of drug-likeness (QED) is 0.621. The molecule has 1 aromatic carbocycles. The van der Waals surface area contributed by atoms with Crippen molar-refractivity contribution >= 4 is 18.0 Å². The molecule has 1 aromatic rings. The van der Waals surface area contributed by atoms with Crippen molar-refractivity contribution < 1.29 is 24.2 Å². The molecule has 1 atom stereocenters. The van der Waals surface area contributed by atoms with E-state index in [1.807, 2.05) is 24.3 Å². The Kier molecular flexibility index (Phi) is 8.48. The van der Waals surface area contributed by atoms with Crippen molar-refractivity contribution in [2.24, 2.45) is 0 Å². The molecule has 8 heteroatoms. The number of amides is 2. The van der Waals surface area contributed by atoms with Crippen LogP contribution in [0.25, 0.3) is 0 Å². The average Bonchev–Trinajstić information content (AvgIpc) is 2.70. The van der Waals surface area contributed by atoms with Gasteiger partial charge in [0.1, 0.15) is 12.6 Å². The number of hydrogen-bond acceptors (Lipinski definition) is 5. The van der Waals surface area contributed by atoms with E-state index >= 15 is 0 Å². The molecule has 8 nitrogen and oxygen atoms in total. The number of carboxylic acid groups (broad SMARTS) is 1. The zero-order valence-corrected chi connectivity index (χ0v) is 15.9. The van der Waals surface area contributed by atoms with E-state index in [0.29, 0.717) is 13.1 Å². The number of hydrogen-bond donors (Lipinski definition) is 2. The number of rotatable bonds is 9. The second kappa shape index (κ2) is 11.1. The smallest absolute Gasteiger partial charge is 0.408 e. The van der Waals surface area contributed by atoms with Crippen LogP contribution in [0.3, 0.4) is 0 Å². The lowest BCUT2D eigenvalue weighted by atomic mass is 10.1. The zero-order chi connectivity index (χ0) is 20.4. The van der Waals surface area contributed by atoms with E-state index in [9.17, 15) is 19.5 Å². The highest BCUT2D eigenvalue weighted by molar-refractivity contribution is 5.81. The fourth-order valence-electron chi connectivity index (χ4n) is 2.95. The molecule has 1 saturated heterocycles. The number of alkyl carbamates (subject to hydrolysis) is 1. The Labute approximate surface area is 164 Å². The summed E-state index contributed by atoms with van der Waals surface area (Å²) >= 11 is 0. The number of carbonyl (C=O) groups excluding carboxylic acids is 2. The number of nitrogens with one attached hydrogen (secondary N) is 1. The number of piperazine rings is 1. The van der Waals surface area contributed by atoms with Crippen LogP contribution in [0.15, 0.2) is 43.0 Å². The van der Waals surface area contributed by atoms with Gasteiger partial charge in [-0.15, -0.1) is 6.58 Å². The molecule has 1 aliphatic heterocycles. The maximum absolute atomic E-state index is 12.3. The summed E-state index contributed by atoms with van der Waals surface area (Å²) < 4.78 is 5.04. The van der Waals surface area contributed by atoms with Gasteiger partial charge in [0.05, 0.1) is 0 Å². The van der Waals surface area contributed by atoms with Gasteiger partial charge >= 0.3 is 12.1 Å². The van der Waals surface area contributed by atoms with Crippen molar-refractivity contribution in [2.75, 3.05) is 32.7 Å². The molecule has 0 spiro atoms. The van der Waals surface area contributed by atoms with Crippen molar-refractivity contribution in [3.05, 3.63) is 48.6 Å². The summed E-state index contributed by atoms with van der Waals surface area (Å²) in [5, 5.41) is 11.6. The molecular formula is C20H27N3O5. The van der Waals surface area contributed by atoms with Crippen LogP contribution in [-0.4, -0.2) is 71.6 Å². The third kappa shape index (κ3) is 7.03. The zero-order valence-electron chi connectivity index (χ0n) is 15.9. The molecule has 0 aliphatic carbocycles. The summed E-state index contributed by atoms with van der Waals surface area (Å²) in [6.07, 6.45) is 1.08. The first-order valence-corrected chi connectivity index (χ1v) is 9.30. The molecule has 1 fully saturated rings. The second-order valence-corrected chi connectivity index (χ2v) is 6.61. The third-order valence-electron chi connectivity index (χ3n) is 4.56. The molecule has 0 unspecified atom stereocenters. The van der Waals surface area contributed by atoms with Crippen LogP contribution in [0.2, 0.25) is 0 Å². The van der Waals surface area contributed by atoms with E-state index in [1.54, 1.807) is 17.0 Å². The predicted octanol–water partition coefficient (Wildman–Crippen LogP) is 1.48. The average molecular weight is 389 g/mol. The van der Waals surface area contributed by atoms with Gasteiger partial charge in [0.15, 0.2) is 0 Å². The summed E-state index contributed by atoms with van der Waals surface area (Å²) in [5.41, 5.74) is 0.801. The Bertz CT molecular complexity index is 672. The topological polar surface area (TPSA) is 99.2 Å². The summed E-state index contributed by atoms with van der Waals surface area (Å²) in [6, 6.07) is 7.92. The van der Waals surface area contributed by atoms with Crippen LogP contribution < -0.4 is 5.32 Å². The van der Waals surface area contributed by atoms with Crippen LogP contribution in [0.4, 0.5) is 4.79 Å². The maximum atomic E-state index is 12.3. The van der Waals surface area contributed by atoms with Gasteiger partial charge in [-0.3, -0.25) is 9.69 Å². The predicted molar refractivity (Wildman–Crippen MR) is 104 cm³/mol. The maximum Gasteiger partial charge on any atom is 0.408 e. The van der Waals surface area contributed by atoms with Gasteiger partial charge in [-0.1, -0.05) is 36.4 Å². The minimum atomic E-state index is -1.19. The number of aliphatic carboxylic acids is 1. The molecule has 1 aliphatic rings. The second-order valence-electron chi connectivity index (χ2n) is 6.61. The number of benzene rings is 1. The molecule has 2 rings (SSSR count). The van der Waals surface area contributed by atoms with E-state index in [0.717, 1.165) is 25.2 Å². The number of nitrogens with zero attached hydrogens (tertiary/aromatic N) is 2. The lowest BCUT2D eigenvalue weighted by Crippen LogP contribution is -2.49. The van der Waals surface area contributed by atoms with Gasteiger partial charge in [-0.05, 0) is 12.0 Å². The van der Waals surface area contributed by atoms with E-state index in [4.69, 9.17) is 4.74 Å². The molecule has 2 amide bonds. The van der Waals surface area contributed by atoms with E-state index in [1.165, 1.54) is 0 Å². The van der Waals surface area contributed by atoms with Crippen LogP contribution in [0, 0.1) is 0 Å². The fraction of sp³-hybridized carbons (Fsp3) is 0.450. The molecule has 152 valence electrons. The van der Waals surface area contributed by atoms with Crippen molar-refractivity contribution in [3.63, 3.8) is 0 Å². The van der Waals surface area contributed by atoms with Crippen molar-refractivity contribution in [1.29, 1.82) is 0 Å². The molecule has 28 heavy (non-hydrogen) atoms. The Hall–Kier alpha value is -2.87. The van der Waals surface area contributed by atoms with Crippen molar-refractivity contribution in [1.82, 2.24) is 15.1 Å². The van der Waals surface area contributed by atoms with Crippen molar-refractivity contribution in [2.45, 2.75) is 25.5 Å². The highest BCUT2D eigenvalue weighted by Gasteiger charge is 2.25. The minimum Gasteiger partial charge on any atom is -0.480 e. The normalized spacial score (nSPS) is 15.5. The standard InChI is InChI=1S/C20H27N3O5/c1-2-10-22-11-13-23(14-12-22)18(24)9-8-17(19(25)26)21-20(27)28-15-16-6-4-3-5-7-16/h2-7,17H,1,8-15H2,(H,21,27)(H,25,26)/t17-/m0/s1. The van der Waals surface area contributed by atoms with Crippen LogP contribution in [0.1, 0.15) is 18.4 Å². The van der Waals surface area contributed by atoms with Crippen LogP contribution >= 0.6 is 0 Å². The van der Waals surface area contributed by atoms with E-state index in [-0.39, 0.29) is 25.4 Å². The molecule has 0 bridgehead atoms. The lowest BCUT2D eigenvalue weighted by molar-refractivity contribution is -0.140. The Morgan fingerprint density at radius 3 is 2.46 bits per heavy atom. The molecule has 2 N–H and O–H groups in total. The van der Waals surface area contributed by atoms with E-state index in [2.05, 4.69) is 16.8 Å². The Morgan fingerprint density at radius 2 is 1.86 bits per heavy atom. The first-order chi connectivity index (χ1) is 13.5. The van der Waals surface area contributed by atoms with Gasteiger partial charge in [-0.25, -0.2) is 9.59 Å². The SMILES string of the molecule is C=CCN1CCN(C(=O)CC[C@H](NC(=O)OCc2ccccc2)C(=O)O)CC1. The molecule has 0 aromatic heterocycles. The van der Waals surface area contributed by atoms with Crippen LogP contribution in [-0.2, 0) is 20.9 Å². The summed E-state index contributed by atoms with van der Waals surface area (Å²) in [6.45, 7) is 7.30. The monoisotopic (exact) mass is 389 g/mol. The fourth-order valence-corrected chi connectivity index (χ4v) is 2.95. The molecule has 0 radical (unpaired) electrons. The lowest BCUT2D eigenvalue weighted by Gasteiger charge is -2.34. The van der Waals surface area contributed by atoms with E-state index < -0.39 is 18.1 Å². The molecule has 1 heterocycles. The van der Waals surface area contributed by atoms with Gasteiger partial charge < -0.3 is 20.1 Å². The summed E-state index contributed by atoms with van der Waals surface area (Å²) in [5.74, 6) is -1.30. The first kappa shape index (κ1) is 21.4. The molecular weight excluding hydrogens is 362 g/mol. The highest BCUT2D eigenvalue weighted by Crippen LogP contribution is 2.08. The van der Waals surface area contributed by atoms with Gasteiger partial charge in [0.25, 0.3) is 0 Å². The first-order valence-electron chi connectivity index (χ1n) is 9.30. The summed E-state index contributed by atoms with van der Waals surface area (Å²) in [4.78, 5) is 39.5. The Morgan fingerprint density at radius 1 is 1.18 bits per heavy atom. The summed E-state index contributed by atoms with van der Waals surface area (Å²) in [7, 11) is 0. The van der Waals surface area contributed by atoms with Crippen molar-refractivity contribution in [3.8, 4) is 0 Å². The number of ether oxygens (including phenoxy) is 1. The third-order valence-corrected chi connectivity index (χ3v) is 4.56. The van der Waals surface area contributed by atoms with Crippen LogP contribution in [0.5, 0.6) is 0 Å². The van der Waals surface area contributed by atoms with Gasteiger partial charge in [-0.2, -0.15) is 0 Å². The highest BCUT2D eigenvalue weighted by atomic mass is 16.5. The van der Waals surface area contributed by atoms with Gasteiger partial charge in [0, 0.05) is 39.1 Å². The largest absolute Gasteiger partial charge is 0.480 e.